The van der Waals surface area contributed by atoms with Crippen LogP contribution in [0.4, 0.5) is 0 Å². The van der Waals surface area contributed by atoms with Gasteiger partial charge in [-0.05, 0) is 111 Å². The summed E-state index contributed by atoms with van der Waals surface area (Å²) < 4.78 is 0. The third kappa shape index (κ3) is 6.01. The molecule has 8 atom stereocenters. The lowest BCUT2D eigenvalue weighted by atomic mass is 9.50. The molecule has 0 N–H and O–H groups in total. The minimum absolute atomic E-state index is 0.300. The average Bonchev–Trinajstić information content (AvgIpc) is 3.09. The molecular weight excluding hydrogens is 396 g/mol. The van der Waals surface area contributed by atoms with E-state index >= 15 is 0 Å². The number of unbranched alkanes of at least 4 members (excludes halogenated alkanes) is 1. The fraction of sp³-hybridized carbons (Fsp3) is 0.879. The summed E-state index contributed by atoms with van der Waals surface area (Å²) in [5.41, 5.74) is 2.63. The first-order valence-corrected chi connectivity index (χ1v) is 14.6. The largest absolute Gasteiger partial charge is 0.0859 e. The van der Waals surface area contributed by atoms with Crippen LogP contribution in [-0.2, 0) is 0 Å². The van der Waals surface area contributed by atoms with Crippen LogP contribution in [0.15, 0.2) is 23.8 Å². The zero-order valence-corrected chi connectivity index (χ0v) is 24.6. The minimum Gasteiger partial charge on any atom is -0.0859 e. The molecule has 0 heterocycles. The molecule has 0 aromatic heterocycles. The Morgan fingerprint density at radius 3 is 2.12 bits per heavy atom. The van der Waals surface area contributed by atoms with Crippen molar-refractivity contribution >= 4 is 0 Å². The Bertz CT molecular complexity index is 662. The van der Waals surface area contributed by atoms with Gasteiger partial charge in [-0.2, -0.15) is 0 Å². The third-order valence-electron chi connectivity index (χ3n) is 11.5. The molecule has 33 heavy (non-hydrogen) atoms. The Morgan fingerprint density at radius 1 is 0.909 bits per heavy atom. The fourth-order valence-corrected chi connectivity index (χ4v) is 8.05. The predicted octanol–water partition coefficient (Wildman–Crippen LogP) is 10.9. The summed E-state index contributed by atoms with van der Waals surface area (Å²) >= 11 is 0. The van der Waals surface area contributed by atoms with Gasteiger partial charge >= 0.3 is 0 Å². The van der Waals surface area contributed by atoms with Crippen molar-refractivity contribution in [1.29, 1.82) is 0 Å². The molecule has 0 spiro atoms. The molecule has 0 radical (unpaired) electrons. The fourth-order valence-electron chi connectivity index (χ4n) is 8.05. The highest BCUT2D eigenvalue weighted by Gasteiger charge is 2.51. The van der Waals surface area contributed by atoms with E-state index in [2.05, 4.69) is 94.4 Å². The standard InChI is InChI=1S/C33H60/c1-12-13-22-32(10)29(25(4)16-14-15-24(2)3)19-20-30(32)26(5)21-23-33(11)28(7)18-17-27(6)31(33,8)9/h15,21,23,25-30H,12-14,16-20,22H2,1-11H3/b23-21-. The van der Waals surface area contributed by atoms with E-state index < -0.39 is 0 Å². The summed E-state index contributed by atoms with van der Waals surface area (Å²) in [5.74, 6) is 4.80. The van der Waals surface area contributed by atoms with Crippen LogP contribution < -0.4 is 0 Å². The molecule has 0 bridgehead atoms. The number of rotatable bonds is 10. The van der Waals surface area contributed by atoms with E-state index in [0.29, 0.717) is 22.2 Å². The van der Waals surface area contributed by atoms with Gasteiger partial charge in [0.2, 0.25) is 0 Å². The third-order valence-corrected chi connectivity index (χ3v) is 11.5. The van der Waals surface area contributed by atoms with Gasteiger partial charge in [-0.3, -0.25) is 0 Å². The Morgan fingerprint density at radius 2 is 1.52 bits per heavy atom. The van der Waals surface area contributed by atoms with Crippen molar-refractivity contribution in [2.45, 2.75) is 134 Å². The maximum Gasteiger partial charge on any atom is -0.00671 e. The van der Waals surface area contributed by atoms with Crippen LogP contribution in [0.5, 0.6) is 0 Å². The zero-order chi connectivity index (χ0) is 25.0. The lowest BCUT2D eigenvalue weighted by Gasteiger charge is -2.54. The van der Waals surface area contributed by atoms with Crippen LogP contribution >= 0.6 is 0 Å². The Hall–Kier alpha value is -0.520. The van der Waals surface area contributed by atoms with Crippen molar-refractivity contribution in [2.75, 3.05) is 0 Å². The summed E-state index contributed by atoms with van der Waals surface area (Å²) in [6.45, 7) is 27.3. The molecular formula is C33H60. The molecule has 0 saturated heterocycles. The van der Waals surface area contributed by atoms with Crippen molar-refractivity contribution in [3.05, 3.63) is 23.8 Å². The van der Waals surface area contributed by atoms with Gasteiger partial charge in [-0.1, -0.05) is 99.0 Å². The topological polar surface area (TPSA) is 0 Å². The van der Waals surface area contributed by atoms with Crippen molar-refractivity contribution in [3.8, 4) is 0 Å². The van der Waals surface area contributed by atoms with Gasteiger partial charge in [0.05, 0.1) is 0 Å². The van der Waals surface area contributed by atoms with Crippen LogP contribution in [0, 0.1) is 51.8 Å². The number of allylic oxidation sites excluding steroid dienone is 4. The number of hydrogen-bond donors (Lipinski definition) is 0. The monoisotopic (exact) mass is 456 g/mol. The molecule has 192 valence electrons. The average molecular weight is 457 g/mol. The maximum absolute atomic E-state index is 2.70. The molecule has 0 aromatic carbocycles. The Balaban J connectivity index is 2.23. The normalized spacial score (nSPS) is 38.4. The smallest absolute Gasteiger partial charge is 0.00671 e. The predicted molar refractivity (Wildman–Crippen MR) is 149 cm³/mol. The van der Waals surface area contributed by atoms with E-state index in [4.69, 9.17) is 0 Å². The van der Waals surface area contributed by atoms with Crippen LogP contribution in [0.2, 0.25) is 0 Å². The summed E-state index contributed by atoms with van der Waals surface area (Å²) in [6, 6.07) is 0. The van der Waals surface area contributed by atoms with Gasteiger partial charge in [0, 0.05) is 0 Å². The second-order valence-corrected chi connectivity index (χ2v) is 13.8. The molecule has 0 nitrogen and oxygen atoms in total. The molecule has 8 unspecified atom stereocenters. The van der Waals surface area contributed by atoms with E-state index in [1.165, 1.54) is 63.4 Å². The molecule has 2 aliphatic carbocycles. The van der Waals surface area contributed by atoms with Crippen LogP contribution in [0.1, 0.15) is 134 Å². The minimum atomic E-state index is 0.300. The van der Waals surface area contributed by atoms with E-state index in [-0.39, 0.29) is 0 Å². The van der Waals surface area contributed by atoms with Crippen molar-refractivity contribution < 1.29 is 0 Å². The lowest BCUT2D eigenvalue weighted by molar-refractivity contribution is -0.0216. The molecule has 2 aliphatic rings. The summed E-state index contributed by atoms with van der Waals surface area (Å²) in [7, 11) is 0. The molecule has 2 rings (SSSR count). The van der Waals surface area contributed by atoms with Gasteiger partial charge in [0.25, 0.3) is 0 Å². The van der Waals surface area contributed by atoms with Crippen LogP contribution in [0.3, 0.4) is 0 Å². The summed E-state index contributed by atoms with van der Waals surface area (Å²) in [6.07, 6.45) is 20.2. The molecule has 0 aromatic rings. The SMILES string of the molecule is CCCCC1(C)C(C(C)/C=C\C2(C)C(C)CCC(C)C2(C)C)CCC1C(C)CCC=C(C)C. The van der Waals surface area contributed by atoms with E-state index in [1.54, 1.807) is 0 Å². The Kier molecular flexibility index (Phi) is 9.99. The van der Waals surface area contributed by atoms with Gasteiger partial charge in [-0.15, -0.1) is 0 Å². The molecule has 2 fully saturated rings. The molecule has 2 saturated carbocycles. The van der Waals surface area contributed by atoms with Gasteiger partial charge in [0.1, 0.15) is 0 Å². The Labute approximate surface area is 209 Å². The van der Waals surface area contributed by atoms with E-state index in [1.807, 2.05) is 0 Å². The highest BCUT2D eigenvalue weighted by atomic mass is 14.6. The lowest BCUT2D eigenvalue weighted by Crippen LogP contribution is -2.47. The van der Waals surface area contributed by atoms with Gasteiger partial charge in [0.15, 0.2) is 0 Å². The van der Waals surface area contributed by atoms with E-state index in [9.17, 15) is 0 Å². The van der Waals surface area contributed by atoms with Gasteiger partial charge < -0.3 is 0 Å². The first-order chi connectivity index (χ1) is 15.3. The quantitative estimate of drug-likeness (QED) is 0.287. The second-order valence-electron chi connectivity index (χ2n) is 13.8. The van der Waals surface area contributed by atoms with Crippen molar-refractivity contribution in [1.82, 2.24) is 0 Å². The highest BCUT2D eigenvalue weighted by molar-refractivity contribution is 5.13. The second kappa shape index (κ2) is 11.5. The van der Waals surface area contributed by atoms with Crippen molar-refractivity contribution in [3.63, 3.8) is 0 Å². The number of hydrogen-bond acceptors (Lipinski definition) is 0. The van der Waals surface area contributed by atoms with Gasteiger partial charge in [-0.25, -0.2) is 0 Å². The molecule has 0 aliphatic heterocycles. The van der Waals surface area contributed by atoms with Crippen molar-refractivity contribution in [2.24, 2.45) is 51.8 Å². The van der Waals surface area contributed by atoms with E-state index in [0.717, 1.165) is 29.6 Å². The van der Waals surface area contributed by atoms with Crippen LogP contribution in [0.25, 0.3) is 0 Å². The first kappa shape index (κ1) is 28.7. The highest BCUT2D eigenvalue weighted by Crippen LogP contribution is 2.59. The molecule has 0 heteroatoms. The summed E-state index contributed by atoms with van der Waals surface area (Å²) in [4.78, 5) is 0. The summed E-state index contributed by atoms with van der Waals surface area (Å²) in [5, 5.41) is 0. The molecule has 0 amide bonds. The van der Waals surface area contributed by atoms with Crippen LogP contribution in [-0.4, -0.2) is 0 Å². The zero-order valence-electron chi connectivity index (χ0n) is 24.6. The maximum atomic E-state index is 2.70. The first-order valence-electron chi connectivity index (χ1n) is 14.6.